The summed E-state index contributed by atoms with van der Waals surface area (Å²) in [4.78, 5) is 0. The van der Waals surface area contributed by atoms with E-state index in [0.717, 1.165) is 5.56 Å². The normalized spacial score (nSPS) is 12.1. The predicted octanol–water partition coefficient (Wildman–Crippen LogP) is 1.63. The van der Waals surface area contributed by atoms with Crippen molar-refractivity contribution in [2.75, 3.05) is 5.73 Å². The fourth-order valence-electron chi connectivity index (χ4n) is 1.21. The molecule has 4 heteroatoms. The summed E-state index contributed by atoms with van der Waals surface area (Å²) in [6.45, 7) is 1.78. The second kappa shape index (κ2) is 4.07. The SMILES string of the molecule is Cc1cc([C@H](N)CC#N)c(F)cc1N. The van der Waals surface area contributed by atoms with Gasteiger partial charge in [-0.1, -0.05) is 0 Å². The first kappa shape index (κ1) is 10.5. The average Bonchev–Trinajstić information content (AvgIpc) is 2.11. The Morgan fingerprint density at radius 1 is 1.57 bits per heavy atom. The maximum absolute atomic E-state index is 13.3. The molecule has 1 aromatic rings. The van der Waals surface area contributed by atoms with Crippen LogP contribution in [0.15, 0.2) is 12.1 Å². The number of nitriles is 1. The topological polar surface area (TPSA) is 75.8 Å². The van der Waals surface area contributed by atoms with E-state index in [1.165, 1.54) is 6.07 Å². The van der Waals surface area contributed by atoms with Crippen LogP contribution in [0.25, 0.3) is 0 Å². The third-order valence-electron chi connectivity index (χ3n) is 2.10. The molecular weight excluding hydrogens is 181 g/mol. The Kier molecular flexibility index (Phi) is 3.05. The van der Waals surface area contributed by atoms with Crippen LogP contribution in [0, 0.1) is 24.1 Å². The van der Waals surface area contributed by atoms with E-state index in [1.54, 1.807) is 13.0 Å². The van der Waals surface area contributed by atoms with Gasteiger partial charge in [0.15, 0.2) is 0 Å². The quantitative estimate of drug-likeness (QED) is 0.701. The lowest BCUT2D eigenvalue weighted by atomic mass is 10.0. The third-order valence-corrected chi connectivity index (χ3v) is 2.10. The fraction of sp³-hybridized carbons (Fsp3) is 0.300. The summed E-state index contributed by atoms with van der Waals surface area (Å²) in [6.07, 6.45) is 0.0975. The van der Waals surface area contributed by atoms with Crippen molar-refractivity contribution in [2.24, 2.45) is 5.73 Å². The third kappa shape index (κ3) is 2.01. The number of hydrogen-bond donors (Lipinski definition) is 2. The molecule has 3 nitrogen and oxygen atoms in total. The molecule has 1 aromatic carbocycles. The lowest BCUT2D eigenvalue weighted by Crippen LogP contribution is -2.12. The van der Waals surface area contributed by atoms with Gasteiger partial charge >= 0.3 is 0 Å². The molecule has 0 fully saturated rings. The molecule has 0 aliphatic carbocycles. The van der Waals surface area contributed by atoms with E-state index in [9.17, 15) is 4.39 Å². The van der Waals surface area contributed by atoms with E-state index < -0.39 is 11.9 Å². The van der Waals surface area contributed by atoms with E-state index in [-0.39, 0.29) is 6.42 Å². The molecule has 4 N–H and O–H groups in total. The number of rotatable bonds is 2. The van der Waals surface area contributed by atoms with Crippen LogP contribution < -0.4 is 11.5 Å². The molecule has 0 saturated heterocycles. The highest BCUT2D eigenvalue weighted by Crippen LogP contribution is 2.22. The van der Waals surface area contributed by atoms with Crippen LogP contribution in [-0.4, -0.2) is 0 Å². The van der Waals surface area contributed by atoms with Crippen molar-refractivity contribution in [3.05, 3.63) is 29.1 Å². The first-order chi connectivity index (χ1) is 6.56. The van der Waals surface area contributed by atoms with E-state index in [1.807, 2.05) is 6.07 Å². The average molecular weight is 193 g/mol. The Balaban J connectivity index is 3.10. The van der Waals surface area contributed by atoms with Crippen LogP contribution >= 0.6 is 0 Å². The summed E-state index contributed by atoms with van der Waals surface area (Å²) in [5, 5.41) is 8.44. The molecule has 0 saturated carbocycles. The molecule has 0 unspecified atom stereocenters. The molecule has 0 aliphatic heterocycles. The predicted molar refractivity (Wildman–Crippen MR) is 52.7 cm³/mol. The van der Waals surface area contributed by atoms with Crippen molar-refractivity contribution in [3.8, 4) is 6.07 Å². The minimum atomic E-state index is -0.584. The molecule has 0 heterocycles. The van der Waals surface area contributed by atoms with Crippen molar-refractivity contribution in [3.63, 3.8) is 0 Å². The summed E-state index contributed by atoms with van der Waals surface area (Å²) in [6, 6.07) is 4.15. The van der Waals surface area contributed by atoms with Gasteiger partial charge in [-0.15, -0.1) is 0 Å². The van der Waals surface area contributed by atoms with Gasteiger partial charge in [-0.25, -0.2) is 4.39 Å². The van der Waals surface area contributed by atoms with E-state index in [4.69, 9.17) is 16.7 Å². The minimum Gasteiger partial charge on any atom is -0.398 e. The number of nitrogens with zero attached hydrogens (tertiary/aromatic N) is 1. The summed E-state index contributed by atoms with van der Waals surface area (Å²) in [5.74, 6) is -0.448. The Morgan fingerprint density at radius 2 is 2.21 bits per heavy atom. The second-order valence-corrected chi connectivity index (χ2v) is 3.20. The maximum Gasteiger partial charge on any atom is 0.130 e. The first-order valence-corrected chi connectivity index (χ1v) is 4.24. The highest BCUT2D eigenvalue weighted by atomic mass is 19.1. The van der Waals surface area contributed by atoms with Crippen LogP contribution in [0.5, 0.6) is 0 Å². The van der Waals surface area contributed by atoms with Crippen LogP contribution in [0.1, 0.15) is 23.6 Å². The van der Waals surface area contributed by atoms with Crippen LogP contribution in [0.2, 0.25) is 0 Å². The van der Waals surface area contributed by atoms with Crippen molar-refractivity contribution < 1.29 is 4.39 Å². The molecule has 1 rings (SSSR count). The number of nitrogen functional groups attached to an aromatic ring is 1. The van der Waals surface area contributed by atoms with E-state index >= 15 is 0 Å². The monoisotopic (exact) mass is 193 g/mol. The van der Waals surface area contributed by atoms with Crippen LogP contribution in [0.4, 0.5) is 10.1 Å². The van der Waals surface area contributed by atoms with Gasteiger partial charge in [-0.3, -0.25) is 0 Å². The molecule has 14 heavy (non-hydrogen) atoms. The number of anilines is 1. The number of benzene rings is 1. The Hall–Kier alpha value is -1.60. The van der Waals surface area contributed by atoms with Gasteiger partial charge < -0.3 is 11.5 Å². The largest absolute Gasteiger partial charge is 0.398 e. The minimum absolute atomic E-state index is 0.0975. The van der Waals surface area contributed by atoms with Crippen LogP contribution in [-0.2, 0) is 0 Å². The number of nitrogens with two attached hydrogens (primary N) is 2. The number of hydrogen-bond acceptors (Lipinski definition) is 3. The van der Waals surface area contributed by atoms with Gasteiger partial charge in [0.1, 0.15) is 5.82 Å². The van der Waals surface area contributed by atoms with Gasteiger partial charge in [0.05, 0.1) is 12.5 Å². The van der Waals surface area contributed by atoms with E-state index in [2.05, 4.69) is 0 Å². The summed E-state index contributed by atoms with van der Waals surface area (Å²) in [7, 11) is 0. The van der Waals surface area contributed by atoms with Gasteiger partial charge in [0.2, 0.25) is 0 Å². The molecule has 0 amide bonds. The summed E-state index contributed by atoms with van der Waals surface area (Å²) in [5.41, 5.74) is 12.7. The maximum atomic E-state index is 13.3. The van der Waals surface area contributed by atoms with Crippen molar-refractivity contribution in [2.45, 2.75) is 19.4 Å². The molecule has 1 atom stereocenters. The van der Waals surface area contributed by atoms with Gasteiger partial charge in [0, 0.05) is 17.3 Å². The molecule has 0 aromatic heterocycles. The molecule has 0 aliphatic rings. The Morgan fingerprint density at radius 3 is 2.79 bits per heavy atom. The van der Waals surface area contributed by atoms with Gasteiger partial charge in [-0.2, -0.15) is 5.26 Å². The highest BCUT2D eigenvalue weighted by Gasteiger charge is 2.12. The molecule has 74 valence electrons. The molecule has 0 radical (unpaired) electrons. The Bertz CT molecular complexity index is 382. The second-order valence-electron chi connectivity index (χ2n) is 3.20. The highest BCUT2D eigenvalue weighted by molar-refractivity contribution is 5.49. The number of aryl methyl sites for hydroxylation is 1. The Labute approximate surface area is 82.1 Å². The zero-order valence-corrected chi connectivity index (χ0v) is 7.92. The first-order valence-electron chi connectivity index (χ1n) is 4.24. The zero-order chi connectivity index (χ0) is 10.7. The van der Waals surface area contributed by atoms with Crippen molar-refractivity contribution >= 4 is 5.69 Å². The molecular formula is C10H12FN3. The lowest BCUT2D eigenvalue weighted by Gasteiger charge is -2.11. The van der Waals surface area contributed by atoms with E-state index in [0.29, 0.717) is 11.3 Å². The summed E-state index contributed by atoms with van der Waals surface area (Å²) < 4.78 is 13.3. The zero-order valence-electron chi connectivity index (χ0n) is 7.92. The van der Waals surface area contributed by atoms with Gasteiger partial charge in [0.25, 0.3) is 0 Å². The standard InChI is InChI=1S/C10H12FN3/c1-6-4-7(9(13)2-3-12)8(11)5-10(6)14/h4-5,9H,2,13-14H2,1H3/t9-/m1/s1. The number of halogens is 1. The molecule has 0 spiro atoms. The van der Waals surface area contributed by atoms with Crippen LogP contribution in [0.3, 0.4) is 0 Å². The molecule has 0 bridgehead atoms. The van der Waals surface area contributed by atoms with Gasteiger partial charge in [-0.05, 0) is 24.6 Å². The smallest absolute Gasteiger partial charge is 0.130 e. The fourth-order valence-corrected chi connectivity index (χ4v) is 1.21. The van der Waals surface area contributed by atoms with Crippen molar-refractivity contribution in [1.29, 1.82) is 5.26 Å². The summed E-state index contributed by atoms with van der Waals surface area (Å²) >= 11 is 0. The van der Waals surface area contributed by atoms with Crippen molar-refractivity contribution in [1.82, 2.24) is 0 Å². The lowest BCUT2D eigenvalue weighted by molar-refractivity contribution is 0.585.